The molecule has 30 heavy (non-hydrogen) atoms. The summed E-state index contributed by atoms with van der Waals surface area (Å²) in [5, 5.41) is 0.543. The lowest BCUT2D eigenvalue weighted by atomic mass is 9.89. The minimum atomic E-state index is -1.20. The first kappa shape index (κ1) is 22.0. The smallest absolute Gasteiger partial charge is 0.374 e. The second kappa shape index (κ2) is 8.23. The summed E-state index contributed by atoms with van der Waals surface area (Å²) in [6.45, 7) is 5.33. The van der Waals surface area contributed by atoms with Gasteiger partial charge in [-0.1, -0.05) is 54.1 Å². The maximum atomic E-state index is 13.5. The highest BCUT2D eigenvalue weighted by molar-refractivity contribution is 6.36. The lowest BCUT2D eigenvalue weighted by Gasteiger charge is -2.25. The molecule has 3 atom stereocenters. The number of carbonyl (C=O) groups is 3. The molecule has 0 spiro atoms. The van der Waals surface area contributed by atoms with E-state index in [1.807, 2.05) is 30.3 Å². The molecule has 0 saturated heterocycles. The fourth-order valence-corrected chi connectivity index (χ4v) is 4.19. The third-order valence-corrected chi connectivity index (χ3v) is 5.60. The molecule has 0 aliphatic heterocycles. The molecule has 0 amide bonds. The average Bonchev–Trinajstić information content (AvgIpc) is 3.36. The summed E-state index contributed by atoms with van der Waals surface area (Å²) in [5.41, 5.74) is -0.313. The fraction of sp³-hybridized carbons (Fsp3) is 0.375. The van der Waals surface area contributed by atoms with Gasteiger partial charge in [0.1, 0.15) is 5.60 Å². The molecule has 158 valence electrons. The molecule has 0 aromatic heterocycles. The second-order valence-corrected chi connectivity index (χ2v) is 9.00. The minimum absolute atomic E-state index is 0.267. The van der Waals surface area contributed by atoms with Crippen LogP contribution in [-0.2, 0) is 30.3 Å². The summed E-state index contributed by atoms with van der Waals surface area (Å²) in [6.07, 6.45) is 0.267. The molecule has 6 heteroatoms. The third-order valence-electron chi connectivity index (χ3n) is 5.35. The number of halogens is 1. The number of ether oxygens (including phenoxy) is 2. The number of carbonyl (C=O) groups excluding carboxylic acids is 3. The number of Topliss-reactive ketones (excluding diaryl/α,β-unsaturated/α-hetero) is 1. The molecule has 0 N–H and O–H groups in total. The largest absolute Gasteiger partial charge is 0.463 e. The molecule has 0 radical (unpaired) electrons. The first-order valence-corrected chi connectivity index (χ1v) is 10.1. The Morgan fingerprint density at radius 3 is 2.13 bits per heavy atom. The Morgan fingerprint density at radius 2 is 1.60 bits per heavy atom. The maximum absolute atomic E-state index is 13.5. The van der Waals surface area contributed by atoms with Gasteiger partial charge in [0.2, 0.25) is 5.78 Å². The number of methoxy groups -OCH3 is 1. The second-order valence-electron chi connectivity index (χ2n) is 8.57. The third kappa shape index (κ3) is 4.26. The van der Waals surface area contributed by atoms with Crippen molar-refractivity contribution in [3.05, 3.63) is 70.7 Å². The molecule has 2 aromatic carbocycles. The van der Waals surface area contributed by atoms with Crippen molar-refractivity contribution in [1.29, 1.82) is 0 Å². The van der Waals surface area contributed by atoms with Crippen LogP contribution in [0.1, 0.15) is 37.8 Å². The van der Waals surface area contributed by atoms with Gasteiger partial charge in [-0.15, -0.1) is 0 Å². The van der Waals surface area contributed by atoms with Crippen LogP contribution in [0.2, 0.25) is 5.02 Å². The Labute approximate surface area is 181 Å². The van der Waals surface area contributed by atoms with E-state index in [0.29, 0.717) is 5.02 Å². The van der Waals surface area contributed by atoms with Gasteiger partial charge in [-0.3, -0.25) is 9.59 Å². The van der Waals surface area contributed by atoms with Gasteiger partial charge in [-0.25, -0.2) is 4.79 Å². The highest BCUT2D eigenvalue weighted by Crippen LogP contribution is 2.67. The van der Waals surface area contributed by atoms with Crippen LogP contribution in [0, 0.1) is 11.3 Å². The molecular formula is C24H25ClO5. The summed E-state index contributed by atoms with van der Waals surface area (Å²) in [4.78, 5) is 38.6. The molecule has 0 heterocycles. The van der Waals surface area contributed by atoms with Crippen molar-refractivity contribution in [2.75, 3.05) is 7.11 Å². The number of esters is 2. The van der Waals surface area contributed by atoms with Crippen LogP contribution < -0.4 is 0 Å². The summed E-state index contributed by atoms with van der Waals surface area (Å²) >= 11 is 6.03. The molecule has 2 aromatic rings. The molecule has 1 fully saturated rings. The Hall–Kier alpha value is -2.66. The maximum Gasteiger partial charge on any atom is 0.374 e. The lowest BCUT2D eigenvalue weighted by Crippen LogP contribution is -2.34. The summed E-state index contributed by atoms with van der Waals surface area (Å²) in [7, 11) is 1.16. The molecule has 3 rings (SSSR count). The Morgan fingerprint density at radius 1 is 1.00 bits per heavy atom. The van der Waals surface area contributed by atoms with E-state index in [9.17, 15) is 14.4 Å². The van der Waals surface area contributed by atoms with Gasteiger partial charge < -0.3 is 9.47 Å². The molecule has 5 nitrogen and oxygen atoms in total. The monoisotopic (exact) mass is 428 g/mol. The van der Waals surface area contributed by atoms with Crippen LogP contribution in [0.15, 0.2) is 54.6 Å². The van der Waals surface area contributed by atoms with Crippen molar-refractivity contribution in [1.82, 2.24) is 0 Å². The number of hydrogen-bond acceptors (Lipinski definition) is 5. The van der Waals surface area contributed by atoms with Gasteiger partial charge in [0.15, 0.2) is 0 Å². The van der Waals surface area contributed by atoms with Gasteiger partial charge in [0.25, 0.3) is 0 Å². The van der Waals surface area contributed by atoms with E-state index >= 15 is 0 Å². The zero-order valence-corrected chi connectivity index (χ0v) is 18.2. The van der Waals surface area contributed by atoms with E-state index in [1.165, 1.54) is 0 Å². The quantitative estimate of drug-likeness (QED) is 0.504. The van der Waals surface area contributed by atoms with Crippen LogP contribution in [0.5, 0.6) is 0 Å². The normalized spacial score (nSPS) is 22.8. The van der Waals surface area contributed by atoms with Crippen LogP contribution in [0.3, 0.4) is 0 Å². The zero-order chi connectivity index (χ0) is 22.1. The molecule has 1 aliphatic rings. The molecule has 1 saturated carbocycles. The van der Waals surface area contributed by atoms with Crippen molar-refractivity contribution in [2.45, 2.75) is 38.7 Å². The van der Waals surface area contributed by atoms with Gasteiger partial charge >= 0.3 is 11.9 Å². The van der Waals surface area contributed by atoms with Crippen molar-refractivity contribution in [2.24, 2.45) is 11.3 Å². The number of hydrogen-bond donors (Lipinski definition) is 0. The number of ketones is 1. The SMILES string of the molecule is COC(=O)C(=O)[C@@H]1[C@@H](c2ccc(Cl)cc2)[C@@]1(Cc1ccccc1)C(=O)OC(C)(C)C. The van der Waals surface area contributed by atoms with E-state index < -0.39 is 40.6 Å². The average molecular weight is 429 g/mol. The topological polar surface area (TPSA) is 69.7 Å². The molecule has 0 unspecified atom stereocenters. The Balaban J connectivity index is 2.11. The summed E-state index contributed by atoms with van der Waals surface area (Å²) < 4.78 is 10.4. The van der Waals surface area contributed by atoms with Crippen LogP contribution in [0.25, 0.3) is 0 Å². The van der Waals surface area contributed by atoms with Gasteiger partial charge in [0.05, 0.1) is 18.4 Å². The van der Waals surface area contributed by atoms with Crippen molar-refractivity contribution in [3.8, 4) is 0 Å². The van der Waals surface area contributed by atoms with E-state index in [2.05, 4.69) is 4.74 Å². The van der Waals surface area contributed by atoms with Crippen LogP contribution in [-0.4, -0.2) is 30.4 Å². The van der Waals surface area contributed by atoms with E-state index in [0.717, 1.165) is 18.2 Å². The Kier molecular flexibility index (Phi) is 6.04. The first-order valence-electron chi connectivity index (χ1n) is 9.75. The van der Waals surface area contributed by atoms with E-state index in [-0.39, 0.29) is 6.42 Å². The highest BCUT2D eigenvalue weighted by Gasteiger charge is 2.74. The minimum Gasteiger partial charge on any atom is -0.463 e. The van der Waals surface area contributed by atoms with Crippen molar-refractivity contribution in [3.63, 3.8) is 0 Å². The molecule has 0 bridgehead atoms. The van der Waals surface area contributed by atoms with Crippen molar-refractivity contribution < 1.29 is 23.9 Å². The fourth-order valence-electron chi connectivity index (χ4n) is 4.07. The van der Waals surface area contributed by atoms with Gasteiger partial charge in [-0.2, -0.15) is 0 Å². The molecular weight excluding hydrogens is 404 g/mol. The van der Waals surface area contributed by atoms with Crippen molar-refractivity contribution >= 4 is 29.3 Å². The number of rotatable bonds is 6. The number of benzene rings is 2. The standard InChI is InChI=1S/C24H25ClO5/c1-23(2,3)30-22(28)24(14-15-8-6-5-7-9-15)18(16-10-12-17(25)13-11-16)19(24)20(26)21(27)29-4/h5-13,18-19H,14H2,1-4H3/t18-,19+,24-/m1/s1. The summed E-state index contributed by atoms with van der Waals surface area (Å²) in [5.74, 6) is -3.57. The van der Waals surface area contributed by atoms with Crippen LogP contribution in [0.4, 0.5) is 0 Å². The van der Waals surface area contributed by atoms with Gasteiger partial charge in [-0.05, 0) is 50.5 Å². The lowest BCUT2D eigenvalue weighted by molar-refractivity contribution is -0.164. The van der Waals surface area contributed by atoms with Gasteiger partial charge in [0, 0.05) is 10.9 Å². The predicted molar refractivity (Wildman–Crippen MR) is 113 cm³/mol. The summed E-state index contributed by atoms with van der Waals surface area (Å²) in [6, 6.07) is 16.4. The zero-order valence-electron chi connectivity index (χ0n) is 17.5. The molecule has 1 aliphatic carbocycles. The van der Waals surface area contributed by atoms with Crippen LogP contribution >= 0.6 is 11.6 Å². The van der Waals surface area contributed by atoms with E-state index in [1.54, 1.807) is 45.0 Å². The highest BCUT2D eigenvalue weighted by atomic mass is 35.5. The van der Waals surface area contributed by atoms with E-state index in [4.69, 9.17) is 16.3 Å². The first-order chi connectivity index (χ1) is 14.1. The Bertz CT molecular complexity index is 946. The predicted octanol–water partition coefficient (Wildman–Crippen LogP) is 4.37.